The highest BCUT2D eigenvalue weighted by Gasteiger charge is 2.38. The molecule has 4 nitrogen and oxygen atoms in total. The number of nitrogens with zero attached hydrogens (tertiary/aromatic N) is 2. The van der Waals surface area contributed by atoms with E-state index in [1.807, 2.05) is 18.7 Å². The fraction of sp³-hybridized carbons (Fsp3) is 0.625. The van der Waals surface area contributed by atoms with Gasteiger partial charge in [0.25, 0.3) is 0 Å². The molecule has 0 aromatic carbocycles. The number of carbonyl (C=O) groups is 2. The van der Waals surface area contributed by atoms with E-state index >= 15 is 0 Å². The first-order chi connectivity index (χ1) is 10.6. The monoisotopic (exact) mass is 338 g/mol. The topological polar surface area (TPSA) is 40.6 Å². The summed E-state index contributed by atoms with van der Waals surface area (Å²) in [6, 6.07) is 1.84. The molecule has 0 unspecified atom stereocenters. The van der Waals surface area contributed by atoms with Gasteiger partial charge in [-0.15, -0.1) is 23.1 Å². The van der Waals surface area contributed by atoms with Crippen molar-refractivity contribution in [1.82, 2.24) is 9.80 Å². The molecule has 2 aliphatic rings. The average Bonchev–Trinajstić information content (AvgIpc) is 3.20. The first kappa shape index (κ1) is 15.9. The van der Waals surface area contributed by atoms with E-state index in [1.165, 1.54) is 10.4 Å². The number of carbonyl (C=O) groups excluding carboxylic acids is 2. The van der Waals surface area contributed by atoms with Crippen LogP contribution in [0.4, 0.5) is 0 Å². The Morgan fingerprint density at radius 2 is 2.27 bits per heavy atom. The van der Waals surface area contributed by atoms with E-state index < -0.39 is 0 Å². The number of rotatable bonds is 3. The van der Waals surface area contributed by atoms with Gasteiger partial charge in [-0.1, -0.05) is 13.8 Å². The Bertz CT molecular complexity index is 572. The van der Waals surface area contributed by atoms with Crippen molar-refractivity contribution in [2.45, 2.75) is 39.3 Å². The summed E-state index contributed by atoms with van der Waals surface area (Å²) in [4.78, 5) is 30.5. The molecule has 2 aliphatic heterocycles. The van der Waals surface area contributed by atoms with E-state index in [-0.39, 0.29) is 23.8 Å². The third kappa shape index (κ3) is 2.91. The van der Waals surface area contributed by atoms with Crippen molar-refractivity contribution in [1.29, 1.82) is 0 Å². The Hall–Kier alpha value is -1.01. The summed E-state index contributed by atoms with van der Waals surface area (Å²) < 4.78 is 0. The van der Waals surface area contributed by atoms with Gasteiger partial charge in [0.15, 0.2) is 0 Å². The van der Waals surface area contributed by atoms with Gasteiger partial charge in [0.1, 0.15) is 6.04 Å². The molecule has 6 heteroatoms. The van der Waals surface area contributed by atoms with E-state index in [0.29, 0.717) is 12.4 Å². The zero-order chi connectivity index (χ0) is 15.7. The van der Waals surface area contributed by atoms with Crippen LogP contribution in [0.15, 0.2) is 11.4 Å². The molecule has 0 bridgehead atoms. The van der Waals surface area contributed by atoms with E-state index in [2.05, 4.69) is 11.4 Å². The molecular formula is C16H22N2O2S2. The van der Waals surface area contributed by atoms with Gasteiger partial charge in [0, 0.05) is 29.6 Å². The molecule has 0 aliphatic carbocycles. The van der Waals surface area contributed by atoms with Crippen molar-refractivity contribution in [2.24, 2.45) is 5.92 Å². The second kappa shape index (κ2) is 6.62. The first-order valence-electron chi connectivity index (χ1n) is 7.84. The maximum atomic E-state index is 12.9. The summed E-state index contributed by atoms with van der Waals surface area (Å²) in [6.45, 7) is 5.44. The van der Waals surface area contributed by atoms with Gasteiger partial charge in [-0.05, 0) is 29.9 Å². The van der Waals surface area contributed by atoms with Gasteiger partial charge in [-0.25, -0.2) is 0 Å². The lowest BCUT2D eigenvalue weighted by Gasteiger charge is -2.33. The van der Waals surface area contributed by atoms with Crippen molar-refractivity contribution < 1.29 is 9.59 Å². The predicted molar refractivity (Wildman–Crippen MR) is 90.9 cm³/mol. The molecule has 0 saturated carbocycles. The molecule has 22 heavy (non-hydrogen) atoms. The molecule has 120 valence electrons. The molecule has 0 N–H and O–H groups in total. The Balaban J connectivity index is 1.70. The Morgan fingerprint density at radius 3 is 3.05 bits per heavy atom. The Labute approximate surface area is 139 Å². The zero-order valence-electron chi connectivity index (χ0n) is 13.1. The van der Waals surface area contributed by atoms with Crippen molar-refractivity contribution >= 4 is 34.9 Å². The highest BCUT2D eigenvalue weighted by atomic mass is 32.2. The molecule has 3 heterocycles. The van der Waals surface area contributed by atoms with E-state index in [4.69, 9.17) is 0 Å². The predicted octanol–water partition coefficient (Wildman–Crippen LogP) is 2.58. The summed E-state index contributed by atoms with van der Waals surface area (Å²) in [5, 5.41) is 2.10. The minimum absolute atomic E-state index is 0.00108. The second-order valence-electron chi connectivity index (χ2n) is 6.01. The van der Waals surface area contributed by atoms with Crippen molar-refractivity contribution in [3.05, 3.63) is 21.9 Å². The molecular weight excluding hydrogens is 316 g/mol. The molecule has 1 aromatic rings. The van der Waals surface area contributed by atoms with Gasteiger partial charge < -0.3 is 9.80 Å². The minimum atomic E-state index is -0.272. The third-order valence-corrected chi connectivity index (χ3v) is 6.64. The van der Waals surface area contributed by atoms with E-state index in [0.717, 1.165) is 25.1 Å². The lowest BCUT2D eigenvalue weighted by molar-refractivity contribution is -0.145. The number of hydrogen-bond donors (Lipinski definition) is 0. The van der Waals surface area contributed by atoms with Gasteiger partial charge in [-0.3, -0.25) is 9.59 Å². The molecule has 1 aromatic heterocycles. The Morgan fingerprint density at radius 1 is 1.45 bits per heavy atom. The van der Waals surface area contributed by atoms with Crippen molar-refractivity contribution in [3.63, 3.8) is 0 Å². The highest BCUT2D eigenvalue weighted by molar-refractivity contribution is 7.99. The summed E-state index contributed by atoms with van der Waals surface area (Å²) in [6.07, 6.45) is 1.76. The van der Waals surface area contributed by atoms with Crippen LogP contribution in [0.25, 0.3) is 0 Å². The second-order valence-corrected chi connectivity index (χ2v) is 8.01. The average molecular weight is 338 g/mol. The fourth-order valence-corrected chi connectivity index (χ4v) is 5.01. The SMILES string of the molecule is CC[C@H](C)C(=O)N1CSC[C@@H]1C(=O)N1CCc2sccc2C1. The summed E-state index contributed by atoms with van der Waals surface area (Å²) in [5.41, 5.74) is 1.27. The van der Waals surface area contributed by atoms with E-state index in [9.17, 15) is 9.59 Å². The van der Waals surface area contributed by atoms with Crippen LogP contribution in [-0.2, 0) is 22.6 Å². The van der Waals surface area contributed by atoms with Gasteiger partial charge in [0.05, 0.1) is 5.88 Å². The maximum absolute atomic E-state index is 12.9. The van der Waals surface area contributed by atoms with Crippen LogP contribution in [0.1, 0.15) is 30.7 Å². The van der Waals surface area contributed by atoms with Crippen LogP contribution in [-0.4, -0.2) is 45.8 Å². The van der Waals surface area contributed by atoms with Crippen molar-refractivity contribution in [3.8, 4) is 0 Å². The molecule has 1 fully saturated rings. The van der Waals surface area contributed by atoms with Gasteiger partial charge in [0.2, 0.25) is 11.8 Å². The van der Waals surface area contributed by atoms with Crippen LogP contribution in [0.3, 0.4) is 0 Å². The number of thiophene rings is 1. The quantitative estimate of drug-likeness (QED) is 0.850. The summed E-state index contributed by atoms with van der Waals surface area (Å²) in [5.74, 6) is 1.63. The lowest BCUT2D eigenvalue weighted by atomic mass is 10.1. The van der Waals surface area contributed by atoms with Gasteiger partial charge >= 0.3 is 0 Å². The largest absolute Gasteiger partial charge is 0.336 e. The normalized spacial score (nSPS) is 22.5. The Kier molecular flexibility index (Phi) is 4.78. The van der Waals surface area contributed by atoms with Crippen LogP contribution < -0.4 is 0 Å². The third-order valence-electron chi connectivity index (χ3n) is 4.60. The lowest BCUT2D eigenvalue weighted by Crippen LogP contribution is -2.51. The summed E-state index contributed by atoms with van der Waals surface area (Å²) in [7, 11) is 0. The molecule has 2 atom stereocenters. The minimum Gasteiger partial charge on any atom is -0.336 e. The van der Waals surface area contributed by atoms with Crippen molar-refractivity contribution in [2.75, 3.05) is 18.2 Å². The van der Waals surface area contributed by atoms with E-state index in [1.54, 1.807) is 28.0 Å². The van der Waals surface area contributed by atoms with Crippen LogP contribution >= 0.6 is 23.1 Å². The molecule has 1 saturated heterocycles. The standard InChI is InChI=1S/C16H22N2O2S2/c1-3-11(2)15(19)18-10-21-9-13(18)16(20)17-6-4-14-12(8-17)5-7-22-14/h5,7,11,13H,3-4,6,8-10H2,1-2H3/t11-,13+/m0/s1. The number of fused-ring (bicyclic) bond motifs is 1. The molecule has 2 amide bonds. The molecule has 0 spiro atoms. The zero-order valence-corrected chi connectivity index (χ0v) is 14.7. The fourth-order valence-electron chi connectivity index (χ4n) is 2.97. The van der Waals surface area contributed by atoms with Crippen LogP contribution in [0, 0.1) is 5.92 Å². The number of hydrogen-bond acceptors (Lipinski definition) is 4. The van der Waals surface area contributed by atoms with Crippen LogP contribution in [0.2, 0.25) is 0 Å². The van der Waals surface area contributed by atoms with Gasteiger partial charge in [-0.2, -0.15) is 0 Å². The first-order valence-corrected chi connectivity index (χ1v) is 9.87. The highest BCUT2D eigenvalue weighted by Crippen LogP contribution is 2.28. The van der Waals surface area contributed by atoms with Crippen LogP contribution in [0.5, 0.6) is 0 Å². The molecule has 0 radical (unpaired) electrons. The maximum Gasteiger partial charge on any atom is 0.246 e. The number of thioether (sulfide) groups is 1. The number of amides is 2. The smallest absolute Gasteiger partial charge is 0.246 e. The summed E-state index contributed by atoms with van der Waals surface area (Å²) >= 11 is 3.46. The molecule has 3 rings (SSSR count).